The third-order valence-electron chi connectivity index (χ3n) is 2.07. The number of halogens is 1. The van der Waals surface area contributed by atoms with E-state index >= 15 is 0 Å². The van der Waals surface area contributed by atoms with Gasteiger partial charge in [-0.25, -0.2) is 4.39 Å². The lowest BCUT2D eigenvalue weighted by Crippen LogP contribution is -2.12. The molecule has 0 radical (unpaired) electrons. The van der Waals surface area contributed by atoms with Gasteiger partial charge in [0.15, 0.2) is 0 Å². The van der Waals surface area contributed by atoms with Crippen molar-refractivity contribution >= 4 is 11.6 Å². The second kappa shape index (κ2) is 4.14. The van der Waals surface area contributed by atoms with Crippen molar-refractivity contribution < 1.29 is 13.6 Å². The molecule has 0 spiro atoms. The van der Waals surface area contributed by atoms with E-state index in [1.165, 1.54) is 18.5 Å². The molecule has 1 N–H and O–H groups in total. The third kappa shape index (κ3) is 2.08. The van der Waals surface area contributed by atoms with Crippen molar-refractivity contribution in [1.82, 2.24) is 4.98 Å². The first kappa shape index (κ1) is 10.4. The van der Waals surface area contributed by atoms with Crippen LogP contribution in [-0.4, -0.2) is 10.9 Å². The Labute approximate surface area is 91.1 Å². The molecular formula is C11H9FN2O2. The number of carbonyl (C=O) groups excluding carboxylic acids is 1. The van der Waals surface area contributed by atoms with Crippen LogP contribution in [0.3, 0.4) is 0 Å². The van der Waals surface area contributed by atoms with Crippen molar-refractivity contribution in [3.8, 4) is 0 Å². The summed E-state index contributed by atoms with van der Waals surface area (Å²) in [7, 11) is 0. The molecule has 0 aromatic carbocycles. The predicted octanol–water partition coefficient (Wildman–Crippen LogP) is 2.37. The molecule has 0 unspecified atom stereocenters. The van der Waals surface area contributed by atoms with E-state index in [-0.39, 0.29) is 5.91 Å². The highest BCUT2D eigenvalue weighted by atomic mass is 19.1. The summed E-state index contributed by atoms with van der Waals surface area (Å²) in [6.45, 7) is 1.68. The van der Waals surface area contributed by atoms with Gasteiger partial charge in [0.05, 0.1) is 29.9 Å². The molecule has 82 valence electrons. The summed E-state index contributed by atoms with van der Waals surface area (Å²) in [5.74, 6) is -0.331. The molecule has 0 aliphatic carbocycles. The molecule has 0 aliphatic rings. The first-order valence-electron chi connectivity index (χ1n) is 4.63. The fraction of sp³-hybridized carbons (Fsp3) is 0.0909. The lowest BCUT2D eigenvalue weighted by molar-refractivity contribution is 0.102. The first-order chi connectivity index (χ1) is 7.66. The fourth-order valence-electron chi connectivity index (χ4n) is 1.30. The standard InChI is InChI=1S/C11H9FN2O2/c1-7-10(2-3-16-7)11(15)14-9-4-8(12)5-13-6-9/h2-6H,1H3,(H,14,15). The molecule has 2 aromatic rings. The molecule has 16 heavy (non-hydrogen) atoms. The van der Waals surface area contributed by atoms with Crippen LogP contribution in [0.4, 0.5) is 10.1 Å². The van der Waals surface area contributed by atoms with E-state index < -0.39 is 5.82 Å². The zero-order chi connectivity index (χ0) is 11.5. The Kier molecular flexibility index (Phi) is 2.68. The van der Waals surface area contributed by atoms with Crippen LogP contribution in [0.2, 0.25) is 0 Å². The fourth-order valence-corrected chi connectivity index (χ4v) is 1.30. The molecule has 1 amide bonds. The van der Waals surface area contributed by atoms with Crippen LogP contribution in [0.1, 0.15) is 16.1 Å². The van der Waals surface area contributed by atoms with Gasteiger partial charge in [0, 0.05) is 6.07 Å². The number of anilines is 1. The highest BCUT2D eigenvalue weighted by Crippen LogP contribution is 2.13. The number of aryl methyl sites for hydroxylation is 1. The molecule has 0 fully saturated rings. The van der Waals surface area contributed by atoms with Crippen molar-refractivity contribution in [3.05, 3.63) is 47.9 Å². The maximum absolute atomic E-state index is 12.8. The minimum atomic E-state index is -0.498. The zero-order valence-electron chi connectivity index (χ0n) is 8.53. The molecule has 2 rings (SSSR count). The summed E-state index contributed by atoms with van der Waals surface area (Å²) in [5.41, 5.74) is 0.731. The average molecular weight is 220 g/mol. The number of aromatic nitrogens is 1. The largest absolute Gasteiger partial charge is 0.469 e. The number of furan rings is 1. The van der Waals surface area contributed by atoms with Crippen LogP contribution in [0, 0.1) is 12.7 Å². The monoisotopic (exact) mass is 220 g/mol. The van der Waals surface area contributed by atoms with E-state index in [0.717, 1.165) is 6.20 Å². The van der Waals surface area contributed by atoms with Crippen LogP contribution in [0.25, 0.3) is 0 Å². The van der Waals surface area contributed by atoms with E-state index in [2.05, 4.69) is 10.3 Å². The molecular weight excluding hydrogens is 211 g/mol. The lowest BCUT2D eigenvalue weighted by atomic mass is 10.2. The van der Waals surface area contributed by atoms with E-state index in [0.29, 0.717) is 17.0 Å². The number of carbonyl (C=O) groups is 1. The molecule has 2 heterocycles. The quantitative estimate of drug-likeness (QED) is 0.845. The maximum atomic E-state index is 12.8. The SMILES string of the molecule is Cc1occc1C(=O)Nc1cncc(F)c1. The van der Waals surface area contributed by atoms with Crippen LogP contribution in [-0.2, 0) is 0 Å². The number of nitrogens with zero attached hydrogens (tertiary/aromatic N) is 1. The Bertz CT molecular complexity index is 522. The molecule has 5 heteroatoms. The van der Waals surface area contributed by atoms with Gasteiger partial charge in [0.2, 0.25) is 0 Å². The van der Waals surface area contributed by atoms with Crippen LogP contribution < -0.4 is 5.32 Å². The summed E-state index contributed by atoms with van der Waals surface area (Å²) < 4.78 is 17.8. The lowest BCUT2D eigenvalue weighted by Gasteiger charge is -2.03. The molecule has 4 nitrogen and oxygen atoms in total. The second-order valence-electron chi connectivity index (χ2n) is 3.24. The Morgan fingerprint density at radius 3 is 2.94 bits per heavy atom. The van der Waals surface area contributed by atoms with Gasteiger partial charge in [-0.05, 0) is 13.0 Å². The first-order valence-corrected chi connectivity index (χ1v) is 4.63. The van der Waals surface area contributed by atoms with Gasteiger partial charge < -0.3 is 9.73 Å². The Morgan fingerprint density at radius 1 is 1.50 bits per heavy atom. The zero-order valence-corrected chi connectivity index (χ0v) is 8.53. The van der Waals surface area contributed by atoms with Crippen molar-refractivity contribution in [3.63, 3.8) is 0 Å². The molecule has 2 aromatic heterocycles. The van der Waals surface area contributed by atoms with Gasteiger partial charge in [-0.2, -0.15) is 0 Å². The van der Waals surface area contributed by atoms with Crippen molar-refractivity contribution in [2.24, 2.45) is 0 Å². The van der Waals surface area contributed by atoms with Gasteiger partial charge in [-0.15, -0.1) is 0 Å². The highest BCUT2D eigenvalue weighted by Gasteiger charge is 2.11. The van der Waals surface area contributed by atoms with E-state index in [4.69, 9.17) is 4.42 Å². The normalized spacial score (nSPS) is 10.1. The maximum Gasteiger partial charge on any atom is 0.259 e. The molecule has 0 saturated carbocycles. The van der Waals surface area contributed by atoms with Gasteiger partial charge in [0.1, 0.15) is 11.6 Å². The number of nitrogens with one attached hydrogen (secondary N) is 1. The van der Waals surface area contributed by atoms with Gasteiger partial charge >= 0.3 is 0 Å². The summed E-state index contributed by atoms with van der Waals surface area (Å²) in [6, 6.07) is 2.75. The molecule has 0 bridgehead atoms. The van der Waals surface area contributed by atoms with E-state index in [1.807, 2.05) is 0 Å². The minimum absolute atomic E-state index is 0.311. The van der Waals surface area contributed by atoms with E-state index in [9.17, 15) is 9.18 Å². The summed E-state index contributed by atoms with van der Waals surface area (Å²) in [5, 5.41) is 2.52. The van der Waals surface area contributed by atoms with Crippen molar-refractivity contribution in [2.45, 2.75) is 6.92 Å². The van der Waals surface area contributed by atoms with Crippen molar-refractivity contribution in [2.75, 3.05) is 5.32 Å². The van der Waals surface area contributed by atoms with Crippen molar-refractivity contribution in [1.29, 1.82) is 0 Å². The van der Waals surface area contributed by atoms with Crippen LogP contribution in [0.5, 0.6) is 0 Å². The number of pyridine rings is 1. The summed E-state index contributed by atoms with van der Waals surface area (Å²) >= 11 is 0. The van der Waals surface area contributed by atoms with Crippen LogP contribution >= 0.6 is 0 Å². The van der Waals surface area contributed by atoms with Crippen LogP contribution in [0.15, 0.2) is 35.2 Å². The average Bonchev–Trinajstić information content (AvgIpc) is 2.64. The Balaban J connectivity index is 2.17. The molecule has 0 aliphatic heterocycles. The Morgan fingerprint density at radius 2 is 2.31 bits per heavy atom. The number of amides is 1. The summed E-state index contributed by atoms with van der Waals surface area (Å²) in [6.07, 6.45) is 3.86. The topological polar surface area (TPSA) is 55.1 Å². The smallest absolute Gasteiger partial charge is 0.259 e. The highest BCUT2D eigenvalue weighted by molar-refractivity contribution is 6.04. The van der Waals surface area contributed by atoms with Gasteiger partial charge in [-0.1, -0.05) is 0 Å². The number of hydrogen-bond acceptors (Lipinski definition) is 3. The van der Waals surface area contributed by atoms with Gasteiger partial charge in [-0.3, -0.25) is 9.78 Å². The van der Waals surface area contributed by atoms with Gasteiger partial charge in [0.25, 0.3) is 5.91 Å². The predicted molar refractivity (Wildman–Crippen MR) is 55.6 cm³/mol. The second-order valence-corrected chi connectivity index (χ2v) is 3.24. The number of rotatable bonds is 2. The minimum Gasteiger partial charge on any atom is -0.469 e. The summed E-state index contributed by atoms with van der Waals surface area (Å²) in [4.78, 5) is 15.3. The Hall–Kier alpha value is -2.17. The van der Waals surface area contributed by atoms with E-state index in [1.54, 1.807) is 13.0 Å². The molecule has 0 saturated heterocycles. The number of hydrogen-bond donors (Lipinski definition) is 1. The third-order valence-corrected chi connectivity index (χ3v) is 2.07. The molecule has 0 atom stereocenters.